The van der Waals surface area contributed by atoms with E-state index in [9.17, 15) is 4.79 Å². The van der Waals surface area contributed by atoms with Crippen LogP contribution in [0.15, 0.2) is 42.5 Å². The Morgan fingerprint density at radius 3 is 2.48 bits per heavy atom. The highest BCUT2D eigenvalue weighted by atomic mass is 35.5. The van der Waals surface area contributed by atoms with Crippen molar-refractivity contribution in [2.24, 2.45) is 0 Å². The number of rotatable bonds is 4. The third-order valence-electron chi connectivity index (χ3n) is 4.59. The fourth-order valence-electron chi connectivity index (χ4n) is 3.23. The number of nitrogens with one attached hydrogen (secondary N) is 1. The van der Waals surface area contributed by atoms with E-state index < -0.39 is 0 Å². The van der Waals surface area contributed by atoms with Gasteiger partial charge >= 0.3 is 0 Å². The molecule has 0 heterocycles. The third-order valence-corrected chi connectivity index (χ3v) is 4.85. The lowest BCUT2D eigenvalue weighted by molar-refractivity contribution is 0.0935. The molecule has 0 radical (unpaired) electrons. The van der Waals surface area contributed by atoms with Crippen LogP contribution in [0.5, 0.6) is 0 Å². The van der Waals surface area contributed by atoms with E-state index in [4.69, 9.17) is 11.6 Å². The van der Waals surface area contributed by atoms with E-state index in [1.807, 2.05) is 0 Å². The minimum absolute atomic E-state index is 0.0467. The summed E-state index contributed by atoms with van der Waals surface area (Å²) in [6, 6.07) is 13.7. The first-order valence-electron chi connectivity index (χ1n) is 8.35. The van der Waals surface area contributed by atoms with Crippen molar-refractivity contribution in [3.05, 3.63) is 69.7 Å². The van der Waals surface area contributed by atoms with Crippen LogP contribution in [0, 0.1) is 0 Å². The Morgan fingerprint density at radius 1 is 1.09 bits per heavy atom. The van der Waals surface area contributed by atoms with E-state index >= 15 is 0 Å². The second kappa shape index (κ2) is 7.18. The Bertz CT molecular complexity index is 693. The summed E-state index contributed by atoms with van der Waals surface area (Å²) in [5.41, 5.74) is 4.77. The molecule has 1 atom stereocenters. The van der Waals surface area contributed by atoms with Crippen molar-refractivity contribution in [1.29, 1.82) is 0 Å². The molecule has 0 bridgehead atoms. The summed E-state index contributed by atoms with van der Waals surface area (Å²) in [6.45, 7) is 2.10. The summed E-state index contributed by atoms with van der Waals surface area (Å²) in [6.07, 6.45) is 5.77. The molecule has 1 unspecified atom stereocenters. The lowest BCUT2D eigenvalue weighted by atomic mass is 9.88. The maximum Gasteiger partial charge on any atom is 0.251 e. The largest absolute Gasteiger partial charge is 0.345 e. The molecule has 1 aliphatic carbocycles. The fraction of sp³-hybridized carbons (Fsp3) is 0.350. The highest BCUT2D eigenvalue weighted by Crippen LogP contribution is 2.26. The van der Waals surface area contributed by atoms with E-state index in [1.54, 1.807) is 24.3 Å². The van der Waals surface area contributed by atoms with Gasteiger partial charge in [-0.15, -0.1) is 0 Å². The molecule has 0 aliphatic heterocycles. The Labute approximate surface area is 142 Å². The van der Waals surface area contributed by atoms with Crippen molar-refractivity contribution in [2.75, 3.05) is 0 Å². The molecule has 1 N–H and O–H groups in total. The molecule has 0 saturated heterocycles. The number of halogens is 1. The van der Waals surface area contributed by atoms with Crippen molar-refractivity contribution in [2.45, 2.75) is 45.1 Å². The van der Waals surface area contributed by atoms with Gasteiger partial charge in [0.1, 0.15) is 0 Å². The first kappa shape index (κ1) is 16.1. The number of hydrogen-bond donors (Lipinski definition) is 1. The molecule has 2 nitrogen and oxygen atoms in total. The van der Waals surface area contributed by atoms with E-state index in [2.05, 4.69) is 30.4 Å². The average Bonchev–Trinajstić information content (AvgIpc) is 2.59. The van der Waals surface area contributed by atoms with Crippen molar-refractivity contribution >= 4 is 17.5 Å². The zero-order chi connectivity index (χ0) is 16.2. The van der Waals surface area contributed by atoms with Gasteiger partial charge in [0, 0.05) is 10.6 Å². The van der Waals surface area contributed by atoms with Gasteiger partial charge in [-0.05, 0) is 73.1 Å². The number of amides is 1. The average molecular weight is 328 g/mol. The lowest BCUT2D eigenvalue weighted by Gasteiger charge is -2.21. The number of carbonyl (C=O) groups excluding carboxylic acids is 1. The molecule has 0 fully saturated rings. The van der Waals surface area contributed by atoms with Crippen LogP contribution >= 0.6 is 11.6 Å². The smallest absolute Gasteiger partial charge is 0.251 e. The maximum atomic E-state index is 12.4. The standard InChI is InChI=1S/C20H22ClNO/c1-2-19(22-20(23)15-9-11-18(21)12-10-15)17-8-7-14-5-3-4-6-16(14)13-17/h7-13,19H,2-6H2,1H3,(H,22,23). The molecule has 120 valence electrons. The molecule has 0 aromatic heterocycles. The molecular weight excluding hydrogens is 306 g/mol. The Balaban J connectivity index is 1.77. The topological polar surface area (TPSA) is 29.1 Å². The number of hydrogen-bond acceptors (Lipinski definition) is 1. The summed E-state index contributed by atoms with van der Waals surface area (Å²) in [7, 11) is 0. The van der Waals surface area contributed by atoms with Gasteiger partial charge in [-0.2, -0.15) is 0 Å². The predicted octanol–water partition coefficient (Wildman–Crippen LogP) is 5.10. The van der Waals surface area contributed by atoms with E-state index in [0.29, 0.717) is 10.6 Å². The minimum atomic E-state index is -0.0498. The fourth-order valence-corrected chi connectivity index (χ4v) is 3.36. The highest BCUT2D eigenvalue weighted by Gasteiger charge is 2.17. The van der Waals surface area contributed by atoms with Gasteiger partial charge < -0.3 is 5.32 Å². The molecule has 3 heteroatoms. The van der Waals surface area contributed by atoms with Crippen LogP contribution in [0.3, 0.4) is 0 Å². The molecule has 0 saturated carbocycles. The molecule has 1 amide bonds. The number of benzene rings is 2. The second-order valence-electron chi connectivity index (χ2n) is 6.18. The Morgan fingerprint density at radius 2 is 1.78 bits per heavy atom. The van der Waals surface area contributed by atoms with Gasteiger partial charge in [0.25, 0.3) is 5.91 Å². The number of fused-ring (bicyclic) bond motifs is 1. The minimum Gasteiger partial charge on any atom is -0.345 e. The van der Waals surface area contributed by atoms with Crippen molar-refractivity contribution in [3.8, 4) is 0 Å². The van der Waals surface area contributed by atoms with Gasteiger partial charge in [-0.3, -0.25) is 4.79 Å². The summed E-state index contributed by atoms with van der Waals surface area (Å²) >= 11 is 5.88. The van der Waals surface area contributed by atoms with Crippen molar-refractivity contribution in [3.63, 3.8) is 0 Å². The monoisotopic (exact) mass is 327 g/mol. The van der Waals surface area contributed by atoms with E-state index in [0.717, 1.165) is 12.8 Å². The second-order valence-corrected chi connectivity index (χ2v) is 6.61. The van der Waals surface area contributed by atoms with Crippen LogP contribution < -0.4 is 5.32 Å². The first-order chi connectivity index (χ1) is 11.2. The van der Waals surface area contributed by atoms with Gasteiger partial charge in [-0.1, -0.05) is 36.7 Å². The molecule has 23 heavy (non-hydrogen) atoms. The van der Waals surface area contributed by atoms with Gasteiger partial charge in [0.15, 0.2) is 0 Å². The molecule has 3 rings (SSSR count). The molecule has 1 aliphatic rings. The Kier molecular flexibility index (Phi) is 5.02. The molecular formula is C20H22ClNO. The normalized spacial score (nSPS) is 14.9. The van der Waals surface area contributed by atoms with Crippen molar-refractivity contribution < 1.29 is 4.79 Å². The molecule has 2 aromatic rings. The quantitative estimate of drug-likeness (QED) is 0.831. The van der Waals surface area contributed by atoms with E-state index in [1.165, 1.54) is 36.0 Å². The van der Waals surface area contributed by atoms with Gasteiger partial charge in [0.05, 0.1) is 6.04 Å². The summed E-state index contributed by atoms with van der Waals surface area (Å²) in [5.74, 6) is -0.0498. The molecule has 0 spiro atoms. The lowest BCUT2D eigenvalue weighted by Crippen LogP contribution is -2.28. The third kappa shape index (κ3) is 3.76. The van der Waals surface area contributed by atoms with Crippen LogP contribution in [0.1, 0.15) is 59.3 Å². The van der Waals surface area contributed by atoms with Crippen LogP contribution in [-0.4, -0.2) is 5.91 Å². The SMILES string of the molecule is CCC(NC(=O)c1ccc(Cl)cc1)c1ccc2c(c1)CCCC2. The molecule has 2 aromatic carbocycles. The van der Waals surface area contributed by atoms with Gasteiger partial charge in [0.2, 0.25) is 0 Å². The van der Waals surface area contributed by atoms with Crippen LogP contribution in [-0.2, 0) is 12.8 Å². The van der Waals surface area contributed by atoms with Gasteiger partial charge in [-0.25, -0.2) is 0 Å². The maximum absolute atomic E-state index is 12.4. The summed E-state index contributed by atoms with van der Waals surface area (Å²) in [5, 5.41) is 3.79. The summed E-state index contributed by atoms with van der Waals surface area (Å²) in [4.78, 5) is 12.4. The van der Waals surface area contributed by atoms with E-state index in [-0.39, 0.29) is 11.9 Å². The van der Waals surface area contributed by atoms with Crippen LogP contribution in [0.4, 0.5) is 0 Å². The van der Waals surface area contributed by atoms with Crippen LogP contribution in [0.2, 0.25) is 5.02 Å². The highest BCUT2D eigenvalue weighted by molar-refractivity contribution is 6.30. The zero-order valence-corrected chi connectivity index (χ0v) is 14.2. The van der Waals surface area contributed by atoms with Crippen molar-refractivity contribution in [1.82, 2.24) is 5.32 Å². The van der Waals surface area contributed by atoms with Crippen LogP contribution in [0.25, 0.3) is 0 Å². The predicted molar refractivity (Wildman–Crippen MR) is 95.0 cm³/mol. The zero-order valence-electron chi connectivity index (χ0n) is 13.4. The number of aryl methyl sites for hydroxylation is 2. The number of carbonyl (C=O) groups is 1. The first-order valence-corrected chi connectivity index (χ1v) is 8.73. The summed E-state index contributed by atoms with van der Waals surface area (Å²) < 4.78 is 0. The Hall–Kier alpha value is -1.80.